The minimum absolute atomic E-state index is 0.417. The molecule has 6 nitrogen and oxygen atoms in total. The number of benzene rings is 1. The minimum Gasteiger partial charge on any atom is -0.481 e. The second kappa shape index (κ2) is 5.80. The topological polar surface area (TPSA) is 107 Å². The molecule has 0 aliphatic carbocycles. The lowest BCUT2D eigenvalue weighted by Crippen LogP contribution is -2.43. The lowest BCUT2D eigenvalue weighted by atomic mass is 10.1. The van der Waals surface area contributed by atoms with Gasteiger partial charge in [-0.25, -0.2) is 0 Å². The molecule has 0 aliphatic heterocycles. The Morgan fingerprint density at radius 1 is 1.44 bits per heavy atom. The van der Waals surface area contributed by atoms with Gasteiger partial charge in [0.05, 0.1) is 24.1 Å². The fourth-order valence-electron chi connectivity index (χ4n) is 1.41. The molecular weight excluding hydrogens is 234 g/mol. The van der Waals surface area contributed by atoms with Crippen LogP contribution in [0.3, 0.4) is 0 Å². The van der Waals surface area contributed by atoms with Gasteiger partial charge in [-0.3, -0.25) is 9.59 Å². The minimum atomic E-state index is -1.12. The molecule has 6 heteroatoms. The van der Waals surface area contributed by atoms with E-state index in [9.17, 15) is 9.59 Å². The van der Waals surface area contributed by atoms with Crippen molar-refractivity contribution < 1.29 is 14.7 Å². The number of hydrogen-bond acceptors (Lipinski definition) is 4. The molecule has 0 heterocycles. The summed E-state index contributed by atoms with van der Waals surface area (Å²) >= 11 is 0. The molecule has 0 saturated heterocycles. The summed E-state index contributed by atoms with van der Waals surface area (Å²) in [6.07, 6.45) is -0.417. The summed E-state index contributed by atoms with van der Waals surface area (Å²) in [5.41, 5.74) is 6.52. The first-order valence-corrected chi connectivity index (χ1v) is 5.21. The van der Waals surface area contributed by atoms with E-state index in [1.165, 1.54) is 11.9 Å². The Labute approximate surface area is 104 Å². The summed E-state index contributed by atoms with van der Waals surface area (Å²) in [7, 11) is 1.51. The number of rotatable bonds is 4. The van der Waals surface area contributed by atoms with Gasteiger partial charge in [0.15, 0.2) is 0 Å². The Morgan fingerprint density at radius 3 is 2.44 bits per heavy atom. The summed E-state index contributed by atoms with van der Waals surface area (Å²) in [6.45, 7) is 0. The van der Waals surface area contributed by atoms with Gasteiger partial charge < -0.3 is 15.7 Å². The highest BCUT2D eigenvalue weighted by Crippen LogP contribution is 2.14. The number of carbonyl (C=O) groups excluding carboxylic acids is 1. The van der Waals surface area contributed by atoms with E-state index in [1.54, 1.807) is 24.3 Å². The van der Waals surface area contributed by atoms with Crippen LogP contribution in [0.1, 0.15) is 12.0 Å². The van der Waals surface area contributed by atoms with Crippen molar-refractivity contribution in [2.24, 2.45) is 5.73 Å². The zero-order valence-electron chi connectivity index (χ0n) is 9.83. The average Bonchev–Trinajstić information content (AvgIpc) is 2.36. The molecule has 1 rings (SSSR count). The molecule has 3 N–H and O–H groups in total. The highest BCUT2D eigenvalue weighted by Gasteiger charge is 2.21. The van der Waals surface area contributed by atoms with E-state index in [4.69, 9.17) is 16.1 Å². The zero-order valence-corrected chi connectivity index (χ0v) is 9.83. The van der Waals surface area contributed by atoms with Crippen molar-refractivity contribution in [3.63, 3.8) is 0 Å². The Balaban J connectivity index is 2.79. The van der Waals surface area contributed by atoms with Crippen LogP contribution in [0.25, 0.3) is 0 Å². The maximum absolute atomic E-state index is 11.8. The summed E-state index contributed by atoms with van der Waals surface area (Å²) in [5.74, 6) is -1.61. The van der Waals surface area contributed by atoms with Crippen LogP contribution in [-0.4, -0.2) is 30.1 Å². The summed E-state index contributed by atoms with van der Waals surface area (Å²) < 4.78 is 0. The molecule has 94 valence electrons. The molecule has 1 atom stereocenters. The van der Waals surface area contributed by atoms with Gasteiger partial charge in [0.25, 0.3) is 0 Å². The highest BCUT2D eigenvalue weighted by atomic mass is 16.4. The zero-order chi connectivity index (χ0) is 13.7. The van der Waals surface area contributed by atoms with Crippen LogP contribution in [0.4, 0.5) is 5.69 Å². The number of nitrogens with two attached hydrogens (primary N) is 1. The lowest BCUT2D eigenvalue weighted by molar-refractivity contribution is -0.139. The molecule has 0 aromatic heterocycles. The molecule has 1 unspecified atom stereocenters. The third-order valence-electron chi connectivity index (χ3n) is 2.43. The average molecular weight is 247 g/mol. The summed E-state index contributed by atoms with van der Waals surface area (Å²) in [5, 5.41) is 17.2. The number of carboxylic acids is 1. The standard InChI is InChI=1S/C12H13N3O3/c1-15(12(18)10(14)6-11(16)17)9-4-2-8(7-13)3-5-9/h2-5,10H,6,14H2,1H3,(H,16,17). The van der Waals surface area contributed by atoms with E-state index in [2.05, 4.69) is 0 Å². The van der Waals surface area contributed by atoms with E-state index in [0.29, 0.717) is 11.3 Å². The normalized spacial score (nSPS) is 11.4. The van der Waals surface area contributed by atoms with Crippen LogP contribution < -0.4 is 10.6 Å². The van der Waals surface area contributed by atoms with E-state index in [0.717, 1.165) is 0 Å². The molecule has 1 aromatic rings. The molecule has 18 heavy (non-hydrogen) atoms. The maximum atomic E-state index is 11.8. The summed E-state index contributed by atoms with van der Waals surface area (Å²) in [6, 6.07) is 7.23. The van der Waals surface area contributed by atoms with Crippen LogP contribution in [-0.2, 0) is 9.59 Å². The Bertz CT molecular complexity index is 490. The fourth-order valence-corrected chi connectivity index (χ4v) is 1.41. The molecule has 0 bridgehead atoms. The first-order chi connectivity index (χ1) is 8.45. The van der Waals surface area contributed by atoms with Crippen molar-refractivity contribution in [2.75, 3.05) is 11.9 Å². The van der Waals surface area contributed by atoms with Crippen LogP contribution >= 0.6 is 0 Å². The number of carboxylic acid groups (broad SMARTS) is 1. The third-order valence-corrected chi connectivity index (χ3v) is 2.43. The molecular formula is C12H13N3O3. The van der Waals surface area contributed by atoms with Gasteiger partial charge in [0.1, 0.15) is 0 Å². The van der Waals surface area contributed by atoms with Crippen molar-refractivity contribution >= 4 is 17.6 Å². The summed E-state index contributed by atoms with van der Waals surface area (Å²) in [4.78, 5) is 23.5. The number of nitriles is 1. The van der Waals surface area contributed by atoms with Gasteiger partial charge in [-0.05, 0) is 24.3 Å². The molecule has 0 fully saturated rings. The molecule has 0 saturated carbocycles. The van der Waals surface area contributed by atoms with E-state index < -0.39 is 24.3 Å². The van der Waals surface area contributed by atoms with Gasteiger partial charge in [0, 0.05) is 12.7 Å². The first-order valence-electron chi connectivity index (χ1n) is 5.21. The Hall–Kier alpha value is -2.39. The molecule has 0 aliphatic rings. The van der Waals surface area contributed by atoms with Gasteiger partial charge in [-0.1, -0.05) is 0 Å². The predicted molar refractivity (Wildman–Crippen MR) is 64.8 cm³/mol. The molecule has 1 amide bonds. The second-order valence-corrected chi connectivity index (χ2v) is 3.76. The van der Waals surface area contributed by atoms with E-state index in [-0.39, 0.29) is 0 Å². The van der Waals surface area contributed by atoms with Crippen LogP contribution in [0.2, 0.25) is 0 Å². The number of amides is 1. The molecule has 0 spiro atoms. The highest BCUT2D eigenvalue weighted by molar-refractivity contribution is 5.98. The third kappa shape index (κ3) is 3.30. The number of nitrogens with zero attached hydrogens (tertiary/aromatic N) is 2. The quantitative estimate of drug-likeness (QED) is 0.796. The lowest BCUT2D eigenvalue weighted by Gasteiger charge is -2.20. The number of carbonyl (C=O) groups is 2. The SMILES string of the molecule is CN(C(=O)C(N)CC(=O)O)c1ccc(C#N)cc1. The number of hydrogen-bond donors (Lipinski definition) is 2. The van der Waals surface area contributed by atoms with Crippen molar-refractivity contribution in [2.45, 2.75) is 12.5 Å². The maximum Gasteiger partial charge on any atom is 0.305 e. The second-order valence-electron chi connectivity index (χ2n) is 3.76. The van der Waals surface area contributed by atoms with Crippen molar-refractivity contribution in [1.82, 2.24) is 0 Å². The Kier molecular flexibility index (Phi) is 4.40. The Morgan fingerprint density at radius 2 is 2.00 bits per heavy atom. The van der Waals surface area contributed by atoms with Gasteiger partial charge >= 0.3 is 5.97 Å². The number of aliphatic carboxylic acids is 1. The molecule has 1 aromatic carbocycles. The smallest absolute Gasteiger partial charge is 0.305 e. The predicted octanol–water partition coefficient (Wildman–Crippen LogP) is 0.323. The van der Waals surface area contributed by atoms with Crippen molar-refractivity contribution in [3.8, 4) is 6.07 Å². The van der Waals surface area contributed by atoms with Crippen LogP contribution in [0.5, 0.6) is 0 Å². The van der Waals surface area contributed by atoms with Gasteiger partial charge in [0.2, 0.25) is 5.91 Å². The van der Waals surface area contributed by atoms with E-state index in [1.807, 2.05) is 6.07 Å². The van der Waals surface area contributed by atoms with Crippen molar-refractivity contribution in [1.29, 1.82) is 5.26 Å². The largest absolute Gasteiger partial charge is 0.481 e. The number of likely N-dealkylation sites (N-methyl/N-ethyl adjacent to an activating group) is 1. The van der Waals surface area contributed by atoms with E-state index >= 15 is 0 Å². The molecule has 0 radical (unpaired) electrons. The van der Waals surface area contributed by atoms with Crippen LogP contribution in [0, 0.1) is 11.3 Å². The monoisotopic (exact) mass is 247 g/mol. The van der Waals surface area contributed by atoms with Crippen LogP contribution in [0.15, 0.2) is 24.3 Å². The van der Waals surface area contributed by atoms with Crippen molar-refractivity contribution in [3.05, 3.63) is 29.8 Å². The van der Waals surface area contributed by atoms with Gasteiger partial charge in [-0.15, -0.1) is 0 Å². The number of anilines is 1. The first kappa shape index (κ1) is 13.7. The fraction of sp³-hybridized carbons (Fsp3) is 0.250. The van der Waals surface area contributed by atoms with Gasteiger partial charge in [-0.2, -0.15) is 5.26 Å².